The number of aliphatic hydroxyl groups is 2. The number of sulfone groups is 1. The summed E-state index contributed by atoms with van der Waals surface area (Å²) in [6.07, 6.45) is -1.02. The van der Waals surface area contributed by atoms with Crippen molar-refractivity contribution >= 4 is 44.6 Å². The SMILES string of the molecule is C[C@H](CCl)COc1c(Cl)cc(S(=O)(=O)c2ccc(OC[C@@H](O)CO)cc2)cc1Cl. The molecule has 160 valence electrons. The van der Waals surface area contributed by atoms with E-state index >= 15 is 0 Å². The number of aliphatic hydroxyl groups excluding tert-OH is 2. The van der Waals surface area contributed by atoms with Crippen LogP contribution in [0, 0.1) is 5.92 Å². The Kier molecular flexibility index (Phi) is 8.88. The van der Waals surface area contributed by atoms with Crippen LogP contribution >= 0.6 is 34.8 Å². The highest BCUT2D eigenvalue weighted by molar-refractivity contribution is 7.91. The zero-order valence-corrected chi connectivity index (χ0v) is 18.6. The van der Waals surface area contributed by atoms with Gasteiger partial charge < -0.3 is 19.7 Å². The molecule has 2 atom stereocenters. The molecule has 2 aromatic rings. The second-order valence-corrected chi connectivity index (χ2v) is 9.48. The fourth-order valence-electron chi connectivity index (χ4n) is 2.20. The number of alkyl halides is 1. The van der Waals surface area contributed by atoms with Gasteiger partial charge in [0.1, 0.15) is 18.5 Å². The third kappa shape index (κ3) is 6.38. The van der Waals surface area contributed by atoms with Gasteiger partial charge in [0.2, 0.25) is 9.84 Å². The molecule has 0 bridgehead atoms. The molecule has 0 radical (unpaired) electrons. The van der Waals surface area contributed by atoms with Crippen LogP contribution in [0.3, 0.4) is 0 Å². The molecule has 0 heterocycles. The predicted molar refractivity (Wildman–Crippen MR) is 112 cm³/mol. The second-order valence-electron chi connectivity index (χ2n) is 6.41. The second kappa shape index (κ2) is 10.7. The fourth-order valence-corrected chi connectivity index (χ4v) is 4.32. The number of rotatable bonds is 10. The number of hydrogen-bond donors (Lipinski definition) is 2. The van der Waals surface area contributed by atoms with E-state index in [-0.39, 0.29) is 38.1 Å². The van der Waals surface area contributed by atoms with Crippen molar-refractivity contribution in [2.24, 2.45) is 5.92 Å². The van der Waals surface area contributed by atoms with Gasteiger partial charge in [-0.3, -0.25) is 0 Å². The molecule has 2 rings (SSSR count). The number of halogens is 3. The predicted octanol–water partition coefficient (Wildman–Crippen LogP) is 3.81. The molecule has 0 unspecified atom stereocenters. The van der Waals surface area contributed by atoms with Gasteiger partial charge in [0.05, 0.1) is 33.0 Å². The van der Waals surface area contributed by atoms with Crippen LogP contribution in [0.1, 0.15) is 6.92 Å². The van der Waals surface area contributed by atoms with Crippen molar-refractivity contribution in [1.82, 2.24) is 0 Å². The molecule has 0 aliphatic carbocycles. The number of hydrogen-bond acceptors (Lipinski definition) is 6. The van der Waals surface area contributed by atoms with Crippen molar-refractivity contribution in [2.75, 3.05) is 25.7 Å². The molecule has 0 aliphatic rings. The van der Waals surface area contributed by atoms with E-state index in [1.165, 1.54) is 36.4 Å². The van der Waals surface area contributed by atoms with E-state index < -0.39 is 22.5 Å². The summed E-state index contributed by atoms with van der Waals surface area (Å²) in [5, 5.41) is 18.2. The van der Waals surface area contributed by atoms with Crippen molar-refractivity contribution in [1.29, 1.82) is 0 Å². The summed E-state index contributed by atoms with van der Waals surface area (Å²) in [7, 11) is -3.88. The lowest BCUT2D eigenvalue weighted by Crippen LogP contribution is -2.21. The minimum absolute atomic E-state index is 0.0177. The summed E-state index contributed by atoms with van der Waals surface area (Å²) in [5.41, 5.74) is 0. The Morgan fingerprint density at radius 3 is 2.10 bits per heavy atom. The molecule has 10 heteroatoms. The highest BCUT2D eigenvalue weighted by atomic mass is 35.5. The van der Waals surface area contributed by atoms with E-state index in [0.717, 1.165) is 0 Å². The van der Waals surface area contributed by atoms with Gasteiger partial charge in [-0.1, -0.05) is 30.1 Å². The van der Waals surface area contributed by atoms with Crippen LogP contribution in [-0.2, 0) is 9.84 Å². The lowest BCUT2D eigenvalue weighted by Gasteiger charge is -2.14. The molecular weight excluding hydrogens is 463 g/mol. The van der Waals surface area contributed by atoms with Gasteiger partial charge in [0.25, 0.3) is 0 Å². The Labute approximate surface area is 184 Å². The number of ether oxygens (including phenoxy) is 2. The molecule has 0 aromatic heterocycles. The lowest BCUT2D eigenvalue weighted by atomic mass is 10.2. The van der Waals surface area contributed by atoms with Crippen LogP contribution in [0.25, 0.3) is 0 Å². The minimum atomic E-state index is -3.88. The van der Waals surface area contributed by atoms with Crippen molar-refractivity contribution in [3.8, 4) is 11.5 Å². The van der Waals surface area contributed by atoms with Crippen LogP contribution in [0.5, 0.6) is 11.5 Å². The zero-order valence-electron chi connectivity index (χ0n) is 15.5. The van der Waals surface area contributed by atoms with Crippen molar-refractivity contribution in [3.63, 3.8) is 0 Å². The maximum atomic E-state index is 12.9. The summed E-state index contributed by atoms with van der Waals surface area (Å²) in [6.45, 7) is 1.64. The van der Waals surface area contributed by atoms with Crippen molar-refractivity contribution < 1.29 is 28.1 Å². The highest BCUT2D eigenvalue weighted by Crippen LogP contribution is 2.37. The summed E-state index contributed by atoms with van der Waals surface area (Å²) < 4.78 is 36.6. The Hall–Kier alpha value is -1.22. The van der Waals surface area contributed by atoms with Gasteiger partial charge in [-0.05, 0) is 36.4 Å². The monoisotopic (exact) mass is 482 g/mol. The first-order valence-corrected chi connectivity index (χ1v) is 11.4. The van der Waals surface area contributed by atoms with E-state index in [1.807, 2.05) is 6.92 Å². The molecule has 0 amide bonds. The quantitative estimate of drug-likeness (QED) is 0.499. The summed E-state index contributed by atoms with van der Waals surface area (Å²) >= 11 is 18.1. The third-order valence-corrected chi connectivity index (χ3v) is 6.68. The zero-order chi connectivity index (χ0) is 21.6. The largest absolute Gasteiger partial charge is 0.491 e. The van der Waals surface area contributed by atoms with Crippen molar-refractivity contribution in [3.05, 3.63) is 46.4 Å². The van der Waals surface area contributed by atoms with Gasteiger partial charge in [-0.25, -0.2) is 8.42 Å². The standard InChI is InChI=1S/C19H21Cl3O6S/c1-12(8-20)10-28-19-17(21)6-16(7-18(19)22)29(25,26)15-4-2-14(3-5-15)27-11-13(24)9-23/h2-7,12-13,23-24H,8-11H2,1H3/t12-,13+/m1/s1. The van der Waals surface area contributed by atoms with E-state index in [0.29, 0.717) is 18.2 Å². The Morgan fingerprint density at radius 1 is 1.00 bits per heavy atom. The lowest BCUT2D eigenvalue weighted by molar-refractivity contribution is 0.0536. The van der Waals surface area contributed by atoms with E-state index in [9.17, 15) is 13.5 Å². The fraction of sp³-hybridized carbons (Fsp3) is 0.368. The van der Waals surface area contributed by atoms with Gasteiger partial charge in [-0.2, -0.15) is 0 Å². The van der Waals surface area contributed by atoms with E-state index in [1.54, 1.807) is 0 Å². The van der Waals surface area contributed by atoms with Gasteiger partial charge in [0.15, 0.2) is 5.75 Å². The molecule has 2 N–H and O–H groups in total. The highest BCUT2D eigenvalue weighted by Gasteiger charge is 2.22. The number of benzene rings is 2. The molecule has 0 saturated heterocycles. The Morgan fingerprint density at radius 2 is 1.59 bits per heavy atom. The molecule has 0 fully saturated rings. The third-order valence-electron chi connectivity index (χ3n) is 3.84. The summed E-state index contributed by atoms with van der Waals surface area (Å²) in [4.78, 5) is -0.0567. The molecule has 2 aromatic carbocycles. The Balaban J connectivity index is 2.22. The molecule has 6 nitrogen and oxygen atoms in total. The maximum Gasteiger partial charge on any atom is 0.206 e. The first-order valence-electron chi connectivity index (χ1n) is 8.63. The van der Waals surface area contributed by atoms with Crippen LogP contribution in [-0.4, -0.2) is 50.4 Å². The van der Waals surface area contributed by atoms with E-state index in [2.05, 4.69) is 0 Å². The average Bonchev–Trinajstić information content (AvgIpc) is 2.71. The first-order chi connectivity index (χ1) is 13.7. The molecular formula is C19H21Cl3O6S. The average molecular weight is 484 g/mol. The van der Waals surface area contributed by atoms with Gasteiger partial charge >= 0.3 is 0 Å². The van der Waals surface area contributed by atoms with Crippen LogP contribution in [0.2, 0.25) is 10.0 Å². The summed E-state index contributed by atoms with van der Waals surface area (Å²) in [6, 6.07) is 8.20. The van der Waals surface area contributed by atoms with Crippen LogP contribution in [0.15, 0.2) is 46.2 Å². The molecule has 29 heavy (non-hydrogen) atoms. The normalized spacial score (nSPS) is 13.7. The minimum Gasteiger partial charge on any atom is -0.491 e. The van der Waals surface area contributed by atoms with Crippen LogP contribution in [0.4, 0.5) is 0 Å². The Bertz CT molecular complexity index is 895. The summed E-state index contributed by atoms with van der Waals surface area (Å²) in [5.74, 6) is 1.03. The molecule has 0 saturated carbocycles. The first kappa shape index (κ1) is 24.1. The molecule has 0 spiro atoms. The maximum absolute atomic E-state index is 12.9. The van der Waals surface area contributed by atoms with Gasteiger partial charge in [-0.15, -0.1) is 11.6 Å². The van der Waals surface area contributed by atoms with Crippen LogP contribution < -0.4 is 9.47 Å². The van der Waals surface area contributed by atoms with Crippen molar-refractivity contribution in [2.45, 2.75) is 22.8 Å². The molecule has 0 aliphatic heterocycles. The smallest absolute Gasteiger partial charge is 0.206 e. The topological polar surface area (TPSA) is 93.1 Å². The van der Waals surface area contributed by atoms with Gasteiger partial charge in [0, 0.05) is 11.8 Å². The van der Waals surface area contributed by atoms with E-state index in [4.69, 9.17) is 49.4 Å².